The second-order valence-electron chi connectivity index (χ2n) is 13.8. The molecule has 2 heterocycles. The fourth-order valence-corrected chi connectivity index (χ4v) is 8.13. The minimum atomic E-state index is 0.659. The van der Waals surface area contributed by atoms with E-state index in [0.717, 1.165) is 44.3 Å². The van der Waals surface area contributed by atoms with E-state index in [0.29, 0.717) is 5.95 Å². The van der Waals surface area contributed by atoms with E-state index in [1.807, 2.05) is 0 Å². The number of hydrogen-bond acceptors (Lipinski definition) is 2. The van der Waals surface area contributed by atoms with Gasteiger partial charge in [-0.25, -0.2) is 9.97 Å². The van der Waals surface area contributed by atoms with Crippen molar-refractivity contribution in [2.24, 2.45) is 0 Å². The maximum Gasteiger partial charge on any atom is 0.235 e. The summed E-state index contributed by atoms with van der Waals surface area (Å²) >= 11 is 0. The Balaban J connectivity index is 1.18. The molecule has 0 saturated heterocycles. The van der Waals surface area contributed by atoms with E-state index in [1.54, 1.807) is 0 Å². The molecule has 0 atom stereocenters. The van der Waals surface area contributed by atoms with Crippen molar-refractivity contribution in [2.75, 3.05) is 0 Å². The van der Waals surface area contributed by atoms with Crippen LogP contribution in [0.2, 0.25) is 0 Å². The third-order valence-electron chi connectivity index (χ3n) is 10.8. The summed E-state index contributed by atoms with van der Waals surface area (Å²) in [5, 5.41) is 10.7. The number of rotatable bonds is 4. The van der Waals surface area contributed by atoms with Gasteiger partial charge in [0.15, 0.2) is 0 Å². The highest BCUT2D eigenvalue weighted by Gasteiger charge is 2.20. The lowest BCUT2D eigenvalue weighted by Gasteiger charge is -2.14. The first-order chi connectivity index (χ1) is 26.2. The van der Waals surface area contributed by atoms with Crippen LogP contribution in [0.25, 0.3) is 104 Å². The summed E-state index contributed by atoms with van der Waals surface area (Å²) in [7, 11) is 0. The molecule has 11 aromatic rings. The van der Waals surface area contributed by atoms with Crippen molar-refractivity contribution in [3.63, 3.8) is 0 Å². The summed E-state index contributed by atoms with van der Waals surface area (Å²) in [6.45, 7) is 0. The number of nitrogens with zero attached hydrogens (tertiary/aromatic N) is 3. The molecule has 0 amide bonds. The molecule has 0 radical (unpaired) electrons. The predicted octanol–water partition coefficient (Wildman–Crippen LogP) is 13.2. The van der Waals surface area contributed by atoms with E-state index in [9.17, 15) is 0 Å². The summed E-state index contributed by atoms with van der Waals surface area (Å²) in [6.07, 6.45) is 0. The van der Waals surface area contributed by atoms with Gasteiger partial charge in [-0.15, -0.1) is 0 Å². The Kier molecular flexibility index (Phi) is 6.55. The van der Waals surface area contributed by atoms with E-state index < -0.39 is 0 Å². The zero-order valence-corrected chi connectivity index (χ0v) is 28.7. The number of aromatic nitrogens is 3. The number of hydrogen-bond donors (Lipinski definition) is 0. The summed E-state index contributed by atoms with van der Waals surface area (Å²) in [5.41, 5.74) is 9.75. The molecule has 3 heteroatoms. The van der Waals surface area contributed by atoms with Crippen molar-refractivity contribution >= 4 is 65.0 Å². The van der Waals surface area contributed by atoms with E-state index in [2.05, 4.69) is 193 Å². The van der Waals surface area contributed by atoms with Gasteiger partial charge < -0.3 is 0 Å². The van der Waals surface area contributed by atoms with Gasteiger partial charge in [0.2, 0.25) is 5.95 Å². The lowest BCUT2D eigenvalue weighted by molar-refractivity contribution is 1.01. The maximum absolute atomic E-state index is 5.52. The zero-order valence-electron chi connectivity index (χ0n) is 28.7. The Morgan fingerprint density at radius 3 is 1.70 bits per heavy atom. The quantitative estimate of drug-likeness (QED) is 0.186. The van der Waals surface area contributed by atoms with Crippen LogP contribution in [0.1, 0.15) is 0 Å². The molecule has 0 aliphatic rings. The van der Waals surface area contributed by atoms with Gasteiger partial charge in [-0.3, -0.25) is 4.57 Å². The molecule has 2 aromatic heterocycles. The fourth-order valence-electron chi connectivity index (χ4n) is 8.13. The second kappa shape index (κ2) is 11.7. The highest BCUT2D eigenvalue weighted by atomic mass is 15.2. The molecule has 0 spiro atoms. The molecule has 0 bridgehead atoms. The average molecular weight is 674 g/mol. The fraction of sp³-hybridized carbons (Fsp3) is 0. The molecule has 9 aromatic carbocycles. The van der Waals surface area contributed by atoms with Crippen LogP contribution in [-0.2, 0) is 0 Å². The minimum Gasteiger partial charge on any atom is -0.278 e. The van der Waals surface area contributed by atoms with E-state index >= 15 is 0 Å². The Morgan fingerprint density at radius 2 is 0.906 bits per heavy atom. The SMILES string of the molecule is c1ccc(-c2ccc(-c3ccc4nc(-n5c6cc7ccccc7cc6c6c7ccccc7ccc65)nc(-c5ccc6ccccc6c5)c4c3)cc2)cc1. The molecule has 0 saturated carbocycles. The van der Waals surface area contributed by atoms with Crippen LogP contribution in [0, 0.1) is 0 Å². The summed E-state index contributed by atoms with van der Waals surface area (Å²) in [5.74, 6) is 0.659. The van der Waals surface area contributed by atoms with Crippen molar-refractivity contribution < 1.29 is 0 Å². The first-order valence-electron chi connectivity index (χ1n) is 18.1. The summed E-state index contributed by atoms with van der Waals surface area (Å²) in [4.78, 5) is 10.9. The molecule has 0 fully saturated rings. The normalized spacial score (nSPS) is 11.8. The first kappa shape index (κ1) is 29.6. The smallest absolute Gasteiger partial charge is 0.235 e. The van der Waals surface area contributed by atoms with Crippen LogP contribution in [0.3, 0.4) is 0 Å². The minimum absolute atomic E-state index is 0.659. The second-order valence-corrected chi connectivity index (χ2v) is 13.8. The molecule has 3 nitrogen and oxygen atoms in total. The summed E-state index contributed by atoms with van der Waals surface area (Å²) < 4.78 is 2.27. The van der Waals surface area contributed by atoms with E-state index in [1.165, 1.54) is 54.2 Å². The third kappa shape index (κ3) is 4.82. The van der Waals surface area contributed by atoms with Crippen LogP contribution in [0.4, 0.5) is 0 Å². The van der Waals surface area contributed by atoms with Gasteiger partial charge in [0, 0.05) is 21.7 Å². The van der Waals surface area contributed by atoms with Crippen molar-refractivity contribution in [2.45, 2.75) is 0 Å². The number of benzene rings is 9. The van der Waals surface area contributed by atoms with Gasteiger partial charge in [0.1, 0.15) is 0 Å². The lowest BCUT2D eigenvalue weighted by Crippen LogP contribution is -2.03. The maximum atomic E-state index is 5.52. The van der Waals surface area contributed by atoms with Gasteiger partial charge >= 0.3 is 0 Å². The Hall–Kier alpha value is -7.10. The predicted molar refractivity (Wildman–Crippen MR) is 223 cm³/mol. The first-order valence-corrected chi connectivity index (χ1v) is 18.1. The molecular formula is C50H31N3. The Morgan fingerprint density at radius 1 is 0.321 bits per heavy atom. The molecule has 246 valence electrons. The standard InChI is InChI=1S/C50H31N3/c1-2-10-32(11-3-1)34-18-20-35(21-19-34)40-24-26-45-43(29-40)49(41-23-22-33-12-4-5-14-37(33)28-41)52-50(51-45)53-46-27-25-36-13-8-9-17-42(36)48(46)44-30-38-15-6-7-16-39(38)31-47(44)53/h1-31H. The van der Waals surface area contributed by atoms with Gasteiger partial charge in [0.05, 0.1) is 22.2 Å². The average Bonchev–Trinajstić information content (AvgIpc) is 3.56. The molecular weight excluding hydrogens is 643 g/mol. The van der Waals surface area contributed by atoms with E-state index in [-0.39, 0.29) is 0 Å². The van der Waals surface area contributed by atoms with Crippen molar-refractivity contribution in [1.29, 1.82) is 0 Å². The van der Waals surface area contributed by atoms with Crippen molar-refractivity contribution in [3.8, 4) is 39.5 Å². The molecule has 0 unspecified atom stereocenters. The van der Waals surface area contributed by atoms with Gasteiger partial charge in [-0.2, -0.15) is 0 Å². The third-order valence-corrected chi connectivity index (χ3v) is 10.8. The largest absolute Gasteiger partial charge is 0.278 e. The van der Waals surface area contributed by atoms with Crippen LogP contribution in [-0.4, -0.2) is 14.5 Å². The van der Waals surface area contributed by atoms with Crippen LogP contribution in [0.5, 0.6) is 0 Å². The van der Waals surface area contributed by atoms with Crippen LogP contribution >= 0.6 is 0 Å². The monoisotopic (exact) mass is 673 g/mol. The molecule has 0 N–H and O–H groups in total. The van der Waals surface area contributed by atoms with Gasteiger partial charge in [-0.1, -0.05) is 152 Å². The van der Waals surface area contributed by atoms with Gasteiger partial charge in [-0.05, 0) is 91.0 Å². The number of fused-ring (bicyclic) bond motifs is 8. The Labute approximate surface area is 306 Å². The zero-order chi connectivity index (χ0) is 34.9. The van der Waals surface area contributed by atoms with Gasteiger partial charge in [0.25, 0.3) is 0 Å². The molecule has 0 aliphatic heterocycles. The molecule has 53 heavy (non-hydrogen) atoms. The highest BCUT2D eigenvalue weighted by molar-refractivity contribution is 6.23. The van der Waals surface area contributed by atoms with Crippen molar-refractivity contribution in [1.82, 2.24) is 14.5 Å². The highest BCUT2D eigenvalue weighted by Crippen LogP contribution is 2.40. The van der Waals surface area contributed by atoms with E-state index in [4.69, 9.17) is 9.97 Å². The topological polar surface area (TPSA) is 30.7 Å². The van der Waals surface area contributed by atoms with Crippen LogP contribution in [0.15, 0.2) is 188 Å². The molecule has 0 aliphatic carbocycles. The summed E-state index contributed by atoms with van der Waals surface area (Å²) in [6, 6.07) is 67.4. The van der Waals surface area contributed by atoms with Crippen LogP contribution < -0.4 is 0 Å². The molecule has 11 rings (SSSR count). The lowest BCUT2D eigenvalue weighted by atomic mass is 9.97. The van der Waals surface area contributed by atoms with Crippen molar-refractivity contribution in [3.05, 3.63) is 188 Å². The Bertz CT molecular complexity index is 3210.